The van der Waals surface area contributed by atoms with Crippen molar-refractivity contribution < 1.29 is 9.18 Å². The minimum Gasteiger partial charge on any atom is -0.349 e. The Kier molecular flexibility index (Phi) is 4.85. The van der Waals surface area contributed by atoms with E-state index < -0.39 is 5.82 Å². The van der Waals surface area contributed by atoms with Gasteiger partial charge in [-0.15, -0.1) is 0 Å². The predicted molar refractivity (Wildman–Crippen MR) is 71.4 cm³/mol. The van der Waals surface area contributed by atoms with Crippen molar-refractivity contribution in [2.75, 3.05) is 6.54 Å². The molecule has 5 heteroatoms. The molecule has 104 valence electrons. The summed E-state index contributed by atoms with van der Waals surface area (Å²) in [5.41, 5.74) is 0.286. The van der Waals surface area contributed by atoms with Gasteiger partial charge in [-0.25, -0.2) is 4.39 Å². The van der Waals surface area contributed by atoms with E-state index in [1.165, 1.54) is 12.3 Å². The van der Waals surface area contributed by atoms with Crippen molar-refractivity contribution in [1.82, 2.24) is 15.6 Å². The number of amides is 1. The number of rotatable bonds is 4. The van der Waals surface area contributed by atoms with E-state index in [4.69, 9.17) is 0 Å². The second-order valence-electron chi connectivity index (χ2n) is 4.97. The van der Waals surface area contributed by atoms with Crippen molar-refractivity contribution in [1.29, 1.82) is 0 Å². The third-order valence-corrected chi connectivity index (χ3v) is 3.52. The van der Waals surface area contributed by atoms with Gasteiger partial charge in [-0.2, -0.15) is 0 Å². The van der Waals surface area contributed by atoms with Crippen LogP contribution in [0.1, 0.15) is 43.0 Å². The monoisotopic (exact) mass is 265 g/mol. The first-order valence-electron chi connectivity index (χ1n) is 6.84. The molecule has 0 bridgehead atoms. The highest BCUT2D eigenvalue weighted by Crippen LogP contribution is 2.19. The third-order valence-electron chi connectivity index (χ3n) is 3.52. The minimum atomic E-state index is -0.483. The molecule has 0 spiro atoms. The molecule has 1 fully saturated rings. The number of pyridine rings is 1. The van der Waals surface area contributed by atoms with Crippen LogP contribution in [0.2, 0.25) is 0 Å². The lowest BCUT2D eigenvalue weighted by molar-refractivity contribution is 0.0923. The Morgan fingerprint density at radius 3 is 2.63 bits per heavy atom. The summed E-state index contributed by atoms with van der Waals surface area (Å²) in [6.45, 7) is 3.08. The Bertz CT molecular complexity index is 430. The molecular formula is C14H20FN3O. The Morgan fingerprint density at radius 1 is 1.32 bits per heavy atom. The van der Waals surface area contributed by atoms with Crippen LogP contribution >= 0.6 is 0 Å². The molecule has 4 nitrogen and oxygen atoms in total. The van der Waals surface area contributed by atoms with Crippen molar-refractivity contribution >= 4 is 5.91 Å². The average molecular weight is 265 g/mol. The van der Waals surface area contributed by atoms with E-state index >= 15 is 0 Å². The summed E-state index contributed by atoms with van der Waals surface area (Å²) in [6, 6.07) is 1.96. The highest BCUT2D eigenvalue weighted by atomic mass is 19.1. The Labute approximate surface area is 112 Å². The third kappa shape index (κ3) is 3.99. The number of carbonyl (C=O) groups is 1. The summed E-state index contributed by atoms with van der Waals surface area (Å²) in [6.07, 6.45) is 6.56. The van der Waals surface area contributed by atoms with Crippen LogP contribution in [-0.4, -0.2) is 29.5 Å². The van der Waals surface area contributed by atoms with Crippen LogP contribution in [0, 0.1) is 5.82 Å². The molecule has 0 radical (unpaired) electrons. The molecule has 2 N–H and O–H groups in total. The first-order valence-corrected chi connectivity index (χ1v) is 6.84. The van der Waals surface area contributed by atoms with Crippen molar-refractivity contribution in [3.63, 3.8) is 0 Å². The largest absolute Gasteiger partial charge is 0.349 e. The minimum absolute atomic E-state index is 0.186. The predicted octanol–water partition coefficient (Wildman–Crippen LogP) is 1.87. The summed E-state index contributed by atoms with van der Waals surface area (Å²) in [4.78, 5) is 15.6. The van der Waals surface area contributed by atoms with Gasteiger partial charge in [0, 0.05) is 18.3 Å². The van der Waals surface area contributed by atoms with E-state index in [1.54, 1.807) is 0 Å². The number of hydrogen-bond acceptors (Lipinski definition) is 3. The quantitative estimate of drug-likeness (QED) is 0.874. The van der Waals surface area contributed by atoms with Gasteiger partial charge in [0.05, 0.1) is 11.8 Å². The second kappa shape index (κ2) is 6.61. The van der Waals surface area contributed by atoms with Gasteiger partial charge in [0.2, 0.25) is 0 Å². The van der Waals surface area contributed by atoms with Crippen molar-refractivity contribution in [3.05, 3.63) is 29.8 Å². The number of nitrogens with zero attached hydrogens (tertiary/aromatic N) is 1. The number of hydrogen-bond donors (Lipinski definition) is 2. The maximum Gasteiger partial charge on any atom is 0.253 e. The van der Waals surface area contributed by atoms with E-state index in [0.717, 1.165) is 38.4 Å². The highest BCUT2D eigenvalue weighted by Gasteiger charge is 2.22. The van der Waals surface area contributed by atoms with E-state index in [1.807, 2.05) is 0 Å². The SMILES string of the molecule is CCNC1CCC(NC(=O)c2cncc(F)c2)CC1. The Morgan fingerprint density at radius 2 is 2.00 bits per heavy atom. The fraction of sp³-hybridized carbons (Fsp3) is 0.571. The molecule has 1 aromatic heterocycles. The normalized spacial score (nSPS) is 23.1. The van der Waals surface area contributed by atoms with Crippen LogP contribution < -0.4 is 10.6 Å². The lowest BCUT2D eigenvalue weighted by Gasteiger charge is -2.29. The van der Waals surface area contributed by atoms with Gasteiger partial charge in [-0.05, 0) is 38.3 Å². The number of halogens is 1. The van der Waals surface area contributed by atoms with Crippen LogP contribution in [0.5, 0.6) is 0 Å². The topological polar surface area (TPSA) is 54.0 Å². The van der Waals surface area contributed by atoms with Crippen LogP contribution in [0.15, 0.2) is 18.5 Å². The molecular weight excluding hydrogens is 245 g/mol. The zero-order chi connectivity index (χ0) is 13.7. The fourth-order valence-corrected chi connectivity index (χ4v) is 2.54. The van der Waals surface area contributed by atoms with E-state index in [0.29, 0.717) is 6.04 Å². The molecule has 0 aromatic carbocycles. The van der Waals surface area contributed by atoms with Gasteiger partial charge in [0.1, 0.15) is 5.82 Å². The second-order valence-corrected chi connectivity index (χ2v) is 4.97. The molecule has 1 amide bonds. The molecule has 0 unspecified atom stereocenters. The molecule has 1 saturated carbocycles. The number of carbonyl (C=O) groups excluding carboxylic acids is 1. The number of aromatic nitrogens is 1. The van der Waals surface area contributed by atoms with Gasteiger partial charge in [-0.3, -0.25) is 9.78 Å². The number of nitrogens with one attached hydrogen (secondary N) is 2. The van der Waals surface area contributed by atoms with Gasteiger partial charge in [0.25, 0.3) is 5.91 Å². The molecule has 1 aliphatic carbocycles. The highest BCUT2D eigenvalue weighted by molar-refractivity contribution is 5.94. The standard InChI is InChI=1S/C14H20FN3O/c1-2-17-12-3-5-13(6-4-12)18-14(19)10-7-11(15)9-16-8-10/h7-9,12-13,17H,2-6H2,1H3,(H,18,19). The zero-order valence-corrected chi connectivity index (χ0v) is 11.2. The maximum atomic E-state index is 13.0. The van der Waals surface area contributed by atoms with E-state index in [-0.39, 0.29) is 17.5 Å². The van der Waals surface area contributed by atoms with Crippen LogP contribution in [0.3, 0.4) is 0 Å². The van der Waals surface area contributed by atoms with E-state index in [2.05, 4.69) is 22.5 Å². The average Bonchev–Trinajstić information content (AvgIpc) is 2.41. The summed E-state index contributed by atoms with van der Waals surface area (Å²) in [5.74, 6) is -0.720. The molecule has 0 aliphatic heterocycles. The molecule has 1 aliphatic rings. The molecule has 2 rings (SSSR count). The van der Waals surface area contributed by atoms with Crippen LogP contribution in [0.4, 0.5) is 4.39 Å². The first kappa shape index (κ1) is 13.9. The summed E-state index contributed by atoms with van der Waals surface area (Å²) < 4.78 is 13.0. The Balaban J connectivity index is 1.84. The maximum absolute atomic E-state index is 13.0. The molecule has 19 heavy (non-hydrogen) atoms. The summed E-state index contributed by atoms with van der Waals surface area (Å²) in [7, 11) is 0. The molecule has 0 saturated heterocycles. The molecule has 1 aromatic rings. The fourth-order valence-electron chi connectivity index (χ4n) is 2.54. The lowest BCUT2D eigenvalue weighted by atomic mass is 9.91. The smallest absolute Gasteiger partial charge is 0.253 e. The zero-order valence-electron chi connectivity index (χ0n) is 11.2. The van der Waals surface area contributed by atoms with Gasteiger partial charge >= 0.3 is 0 Å². The van der Waals surface area contributed by atoms with Gasteiger partial charge < -0.3 is 10.6 Å². The van der Waals surface area contributed by atoms with E-state index in [9.17, 15) is 9.18 Å². The summed E-state index contributed by atoms with van der Waals surface area (Å²) in [5, 5.41) is 6.38. The first-order chi connectivity index (χ1) is 9.19. The van der Waals surface area contributed by atoms with Crippen molar-refractivity contribution in [2.24, 2.45) is 0 Å². The lowest BCUT2D eigenvalue weighted by Crippen LogP contribution is -2.42. The molecule has 1 heterocycles. The molecule has 0 atom stereocenters. The van der Waals surface area contributed by atoms with Gasteiger partial charge in [-0.1, -0.05) is 6.92 Å². The van der Waals surface area contributed by atoms with Crippen LogP contribution in [0.25, 0.3) is 0 Å². The summed E-state index contributed by atoms with van der Waals surface area (Å²) >= 11 is 0. The van der Waals surface area contributed by atoms with Gasteiger partial charge in [0.15, 0.2) is 0 Å². The van der Waals surface area contributed by atoms with Crippen LogP contribution in [-0.2, 0) is 0 Å². The van der Waals surface area contributed by atoms with Crippen molar-refractivity contribution in [2.45, 2.75) is 44.7 Å². The van der Waals surface area contributed by atoms with Crippen molar-refractivity contribution in [3.8, 4) is 0 Å². The Hall–Kier alpha value is -1.49.